The van der Waals surface area contributed by atoms with Gasteiger partial charge in [0.05, 0.1) is 12.5 Å². The van der Waals surface area contributed by atoms with Crippen LogP contribution in [0, 0.1) is 0 Å². The first kappa shape index (κ1) is 11.4. The Kier molecular flexibility index (Phi) is 2.71. The number of hydrogen-bond donors (Lipinski definition) is 1. The van der Waals surface area contributed by atoms with Crippen LogP contribution in [0.2, 0.25) is 0 Å². The van der Waals surface area contributed by atoms with Gasteiger partial charge in [0.25, 0.3) is 5.91 Å². The Morgan fingerprint density at radius 2 is 2.35 bits per heavy atom. The number of furan rings is 1. The number of urea groups is 1. The molecule has 1 atom stereocenters. The largest absolute Gasteiger partial charge is 0.463 e. The van der Waals surface area contributed by atoms with E-state index in [-0.39, 0.29) is 5.91 Å². The molecule has 1 aliphatic rings. The van der Waals surface area contributed by atoms with Crippen molar-refractivity contribution in [2.45, 2.75) is 25.8 Å². The van der Waals surface area contributed by atoms with Gasteiger partial charge in [0.1, 0.15) is 11.3 Å². The number of amides is 3. The lowest BCUT2D eigenvalue weighted by molar-refractivity contribution is -0.130. The highest BCUT2D eigenvalue weighted by atomic mass is 16.3. The highest BCUT2D eigenvalue weighted by molar-refractivity contribution is 6.07. The van der Waals surface area contributed by atoms with Gasteiger partial charge in [-0.3, -0.25) is 4.79 Å². The van der Waals surface area contributed by atoms with Gasteiger partial charge in [0.2, 0.25) is 0 Å². The summed E-state index contributed by atoms with van der Waals surface area (Å²) in [7, 11) is 0. The molecule has 0 radical (unpaired) electrons. The summed E-state index contributed by atoms with van der Waals surface area (Å²) in [6, 6.07) is 2.87. The zero-order valence-corrected chi connectivity index (χ0v) is 9.64. The van der Waals surface area contributed by atoms with Crippen molar-refractivity contribution < 1.29 is 14.0 Å². The zero-order chi connectivity index (χ0) is 12.5. The van der Waals surface area contributed by atoms with E-state index in [0.717, 1.165) is 5.01 Å². The molecule has 90 valence electrons. The molecule has 3 amide bonds. The lowest BCUT2D eigenvalue weighted by Gasteiger charge is -2.17. The van der Waals surface area contributed by atoms with E-state index < -0.39 is 11.6 Å². The van der Waals surface area contributed by atoms with E-state index in [1.54, 1.807) is 19.1 Å². The summed E-state index contributed by atoms with van der Waals surface area (Å²) < 4.78 is 5.02. The van der Waals surface area contributed by atoms with Crippen LogP contribution in [0.1, 0.15) is 26.0 Å². The van der Waals surface area contributed by atoms with Gasteiger partial charge < -0.3 is 9.73 Å². The van der Waals surface area contributed by atoms with Gasteiger partial charge in [-0.05, 0) is 25.5 Å². The van der Waals surface area contributed by atoms with E-state index in [9.17, 15) is 9.59 Å². The smallest absolute Gasteiger partial charge is 0.346 e. The molecule has 0 aromatic carbocycles. The summed E-state index contributed by atoms with van der Waals surface area (Å²) in [4.78, 5) is 23.5. The highest BCUT2D eigenvalue weighted by Gasteiger charge is 2.46. The molecule has 1 aromatic rings. The molecule has 1 fully saturated rings. The van der Waals surface area contributed by atoms with Gasteiger partial charge in [0.15, 0.2) is 0 Å². The molecule has 1 unspecified atom stereocenters. The van der Waals surface area contributed by atoms with E-state index in [2.05, 4.69) is 10.4 Å². The van der Waals surface area contributed by atoms with Gasteiger partial charge in [-0.2, -0.15) is 5.10 Å². The topological polar surface area (TPSA) is 74.9 Å². The van der Waals surface area contributed by atoms with Crippen LogP contribution in [-0.2, 0) is 4.79 Å². The minimum Gasteiger partial charge on any atom is -0.463 e. The fourth-order valence-electron chi connectivity index (χ4n) is 1.49. The molecule has 0 spiro atoms. The van der Waals surface area contributed by atoms with E-state index in [4.69, 9.17) is 4.42 Å². The van der Waals surface area contributed by atoms with Crippen LogP contribution in [0.3, 0.4) is 0 Å². The highest BCUT2D eigenvalue weighted by Crippen LogP contribution is 2.20. The van der Waals surface area contributed by atoms with Crippen LogP contribution in [0.25, 0.3) is 0 Å². The third kappa shape index (κ3) is 1.93. The third-order valence-electron chi connectivity index (χ3n) is 2.79. The molecule has 1 aromatic heterocycles. The number of hydrazone groups is 1. The zero-order valence-electron chi connectivity index (χ0n) is 9.64. The van der Waals surface area contributed by atoms with Crippen LogP contribution in [0.15, 0.2) is 27.9 Å². The number of imide groups is 1. The van der Waals surface area contributed by atoms with E-state index >= 15 is 0 Å². The van der Waals surface area contributed by atoms with Crippen molar-refractivity contribution in [3.05, 3.63) is 24.2 Å². The normalized spacial score (nSPS) is 24.7. The van der Waals surface area contributed by atoms with Gasteiger partial charge in [0, 0.05) is 0 Å². The Morgan fingerprint density at radius 1 is 1.59 bits per heavy atom. The molecule has 2 heterocycles. The molecule has 6 nitrogen and oxygen atoms in total. The fourth-order valence-corrected chi connectivity index (χ4v) is 1.49. The summed E-state index contributed by atoms with van der Waals surface area (Å²) in [6.07, 6.45) is 3.34. The molecule has 1 N–H and O–H groups in total. The minimum atomic E-state index is -0.864. The van der Waals surface area contributed by atoms with Crippen LogP contribution >= 0.6 is 0 Å². The third-order valence-corrected chi connectivity index (χ3v) is 2.79. The number of carbonyl (C=O) groups is 2. The van der Waals surface area contributed by atoms with Crippen molar-refractivity contribution >= 4 is 18.2 Å². The number of carbonyl (C=O) groups excluding carboxylic acids is 2. The maximum atomic E-state index is 11.9. The van der Waals surface area contributed by atoms with E-state index in [1.807, 2.05) is 6.92 Å². The molecule has 0 aliphatic carbocycles. The first-order chi connectivity index (χ1) is 8.07. The van der Waals surface area contributed by atoms with Crippen LogP contribution in [0.4, 0.5) is 4.79 Å². The molecule has 6 heteroatoms. The second kappa shape index (κ2) is 4.04. The number of rotatable bonds is 3. The Bertz CT molecular complexity index is 466. The molecule has 0 bridgehead atoms. The van der Waals surface area contributed by atoms with Gasteiger partial charge in [-0.25, -0.2) is 4.79 Å². The molecule has 17 heavy (non-hydrogen) atoms. The molecule has 1 saturated heterocycles. The Hall–Kier alpha value is -2.11. The van der Waals surface area contributed by atoms with Gasteiger partial charge >= 0.3 is 6.03 Å². The van der Waals surface area contributed by atoms with Crippen molar-refractivity contribution in [3.63, 3.8) is 0 Å². The summed E-state index contributed by atoms with van der Waals surface area (Å²) in [5, 5.41) is 7.25. The predicted molar refractivity (Wildman–Crippen MR) is 60.4 cm³/mol. The van der Waals surface area contributed by atoms with E-state index in [1.165, 1.54) is 12.5 Å². The van der Waals surface area contributed by atoms with Crippen molar-refractivity contribution in [3.8, 4) is 0 Å². The summed E-state index contributed by atoms with van der Waals surface area (Å²) in [6.45, 7) is 3.51. The first-order valence-electron chi connectivity index (χ1n) is 5.31. The fraction of sp³-hybridized carbons (Fsp3) is 0.364. The van der Waals surface area contributed by atoms with Crippen LogP contribution < -0.4 is 5.32 Å². The monoisotopic (exact) mass is 235 g/mol. The summed E-state index contributed by atoms with van der Waals surface area (Å²) in [5.74, 6) is 0.128. The average molecular weight is 235 g/mol. The van der Waals surface area contributed by atoms with Crippen molar-refractivity contribution in [2.75, 3.05) is 0 Å². The molecular weight excluding hydrogens is 222 g/mol. The minimum absolute atomic E-state index is 0.354. The van der Waals surface area contributed by atoms with Gasteiger partial charge in [-0.15, -0.1) is 5.01 Å². The van der Waals surface area contributed by atoms with Crippen LogP contribution in [0.5, 0.6) is 0 Å². The second-order valence-corrected chi connectivity index (χ2v) is 3.99. The predicted octanol–water partition coefficient (Wildman–Crippen LogP) is 1.33. The SMILES string of the molecule is CCC1(C)NC(=O)N(/N=C/c2ccco2)C1=O. The standard InChI is InChI=1S/C11H13N3O3/c1-3-11(2)9(15)14(10(16)13-11)12-7-8-5-4-6-17-8/h4-7H,3H2,1-2H3,(H,13,16)/b12-7+. The summed E-state index contributed by atoms with van der Waals surface area (Å²) in [5.41, 5.74) is -0.864. The quantitative estimate of drug-likeness (QED) is 0.634. The molecule has 1 aliphatic heterocycles. The number of nitrogens with zero attached hydrogens (tertiary/aromatic N) is 2. The Balaban J connectivity index is 2.17. The number of nitrogens with one attached hydrogen (secondary N) is 1. The Morgan fingerprint density at radius 3 is 2.88 bits per heavy atom. The van der Waals surface area contributed by atoms with Crippen molar-refractivity contribution in [1.29, 1.82) is 0 Å². The second-order valence-electron chi connectivity index (χ2n) is 3.99. The Labute approximate surface area is 98.3 Å². The lowest BCUT2D eigenvalue weighted by Crippen LogP contribution is -2.42. The number of hydrogen-bond acceptors (Lipinski definition) is 4. The van der Waals surface area contributed by atoms with Crippen molar-refractivity contribution in [1.82, 2.24) is 10.3 Å². The summed E-state index contributed by atoms with van der Waals surface area (Å²) >= 11 is 0. The van der Waals surface area contributed by atoms with Crippen molar-refractivity contribution in [2.24, 2.45) is 5.10 Å². The first-order valence-corrected chi connectivity index (χ1v) is 5.31. The molecular formula is C11H13N3O3. The molecule has 0 saturated carbocycles. The molecule has 2 rings (SSSR count). The van der Waals surface area contributed by atoms with Crippen LogP contribution in [-0.4, -0.2) is 28.7 Å². The lowest BCUT2D eigenvalue weighted by atomic mass is 10.00. The van der Waals surface area contributed by atoms with E-state index in [0.29, 0.717) is 12.2 Å². The maximum absolute atomic E-state index is 11.9. The van der Waals surface area contributed by atoms with Gasteiger partial charge in [-0.1, -0.05) is 6.92 Å². The maximum Gasteiger partial charge on any atom is 0.346 e. The average Bonchev–Trinajstić information content (AvgIpc) is 2.87.